The van der Waals surface area contributed by atoms with Crippen molar-refractivity contribution in [3.63, 3.8) is 0 Å². The minimum atomic E-state index is -0.197. The summed E-state index contributed by atoms with van der Waals surface area (Å²) in [5.41, 5.74) is 2.68. The van der Waals surface area contributed by atoms with Gasteiger partial charge in [0.15, 0.2) is 11.5 Å². The van der Waals surface area contributed by atoms with Crippen molar-refractivity contribution in [1.82, 2.24) is 9.91 Å². The quantitative estimate of drug-likeness (QED) is 0.704. The van der Waals surface area contributed by atoms with E-state index in [0.29, 0.717) is 23.7 Å². The summed E-state index contributed by atoms with van der Waals surface area (Å²) in [4.78, 5) is 15.6. The van der Waals surface area contributed by atoms with Crippen molar-refractivity contribution in [2.45, 2.75) is 32.2 Å². The largest absolute Gasteiger partial charge is 0.454 e. The van der Waals surface area contributed by atoms with E-state index in [2.05, 4.69) is 11.8 Å². The maximum atomic E-state index is 13.4. The molecule has 0 unspecified atom stereocenters. The fraction of sp³-hybridized carbons (Fsp3) is 0.417. The van der Waals surface area contributed by atoms with Crippen LogP contribution in [-0.2, 0) is 4.79 Å². The first-order chi connectivity index (χ1) is 15.1. The van der Waals surface area contributed by atoms with Gasteiger partial charge in [0.1, 0.15) is 0 Å². The van der Waals surface area contributed by atoms with E-state index in [1.165, 1.54) is 0 Å². The molecule has 2 aromatic rings. The Morgan fingerprint density at radius 3 is 2.71 bits per heavy atom. The van der Waals surface area contributed by atoms with Gasteiger partial charge in [-0.25, -0.2) is 5.01 Å². The summed E-state index contributed by atoms with van der Waals surface area (Å²) in [6.45, 7) is 4.79. The van der Waals surface area contributed by atoms with Crippen LogP contribution in [0.5, 0.6) is 11.5 Å². The Bertz CT molecular complexity index is 1020. The number of piperidine rings is 1. The van der Waals surface area contributed by atoms with Crippen LogP contribution in [-0.4, -0.2) is 48.0 Å². The van der Waals surface area contributed by atoms with E-state index in [4.69, 9.17) is 26.2 Å². The zero-order chi connectivity index (χ0) is 21.4. The van der Waals surface area contributed by atoms with Crippen LogP contribution in [0.2, 0.25) is 5.02 Å². The number of hydrogen-bond donors (Lipinski definition) is 0. The molecule has 7 heteroatoms. The molecule has 1 amide bonds. The second kappa shape index (κ2) is 8.52. The van der Waals surface area contributed by atoms with Crippen LogP contribution in [0.1, 0.15) is 43.4 Å². The van der Waals surface area contributed by atoms with Crippen molar-refractivity contribution in [1.29, 1.82) is 0 Å². The number of amides is 1. The van der Waals surface area contributed by atoms with Crippen molar-refractivity contribution in [3.8, 4) is 11.5 Å². The molecule has 3 aliphatic heterocycles. The number of carbonyl (C=O) groups is 1. The lowest BCUT2D eigenvalue weighted by molar-refractivity contribution is -0.134. The third kappa shape index (κ3) is 4.14. The minimum absolute atomic E-state index is 0.0132. The van der Waals surface area contributed by atoms with Crippen LogP contribution in [0, 0.1) is 5.92 Å². The van der Waals surface area contributed by atoms with E-state index in [9.17, 15) is 4.79 Å². The second-order valence-corrected chi connectivity index (χ2v) is 8.96. The number of carbonyl (C=O) groups excluding carboxylic acids is 1. The lowest BCUT2D eigenvalue weighted by Gasteiger charge is -2.31. The predicted octanol–water partition coefficient (Wildman–Crippen LogP) is 4.48. The maximum absolute atomic E-state index is 13.4. The number of halogens is 1. The third-order valence-electron chi connectivity index (χ3n) is 6.37. The standard InChI is InChI=1S/C24H26ClN3O3/c1-16-8-10-27(11-9-16)14-24(29)28-21(17-6-7-22-23(12-17)31-15-30-22)13-20(26-28)18-4-2-3-5-19(18)25/h2-7,12,16,21H,8-11,13-15H2,1H3/t21-/m0/s1. The van der Waals surface area contributed by atoms with Gasteiger partial charge in [-0.1, -0.05) is 42.8 Å². The highest BCUT2D eigenvalue weighted by atomic mass is 35.5. The molecule has 162 valence electrons. The average Bonchev–Trinajstić information content (AvgIpc) is 3.42. The lowest BCUT2D eigenvalue weighted by Crippen LogP contribution is -2.41. The second-order valence-electron chi connectivity index (χ2n) is 8.56. The number of nitrogens with zero attached hydrogens (tertiary/aromatic N) is 3. The number of rotatable bonds is 4. The van der Waals surface area contributed by atoms with E-state index in [-0.39, 0.29) is 18.7 Å². The molecule has 0 bridgehead atoms. The van der Waals surface area contributed by atoms with Crippen LogP contribution in [0.4, 0.5) is 0 Å². The van der Waals surface area contributed by atoms with Crippen LogP contribution in [0.15, 0.2) is 47.6 Å². The number of ether oxygens (including phenoxy) is 2. The minimum Gasteiger partial charge on any atom is -0.454 e. The first kappa shape index (κ1) is 20.3. The average molecular weight is 440 g/mol. The predicted molar refractivity (Wildman–Crippen MR) is 120 cm³/mol. The van der Waals surface area contributed by atoms with E-state index in [1.807, 2.05) is 42.5 Å². The normalized spacial score (nSPS) is 21.4. The van der Waals surface area contributed by atoms with Crippen LogP contribution >= 0.6 is 11.6 Å². The van der Waals surface area contributed by atoms with E-state index in [1.54, 1.807) is 5.01 Å². The summed E-state index contributed by atoms with van der Waals surface area (Å²) in [5.74, 6) is 2.18. The molecule has 31 heavy (non-hydrogen) atoms. The molecule has 1 atom stereocenters. The molecule has 3 heterocycles. The van der Waals surface area contributed by atoms with E-state index < -0.39 is 0 Å². The lowest BCUT2D eigenvalue weighted by atomic mass is 9.97. The SMILES string of the molecule is CC1CCN(CC(=O)N2N=C(c3ccccc3Cl)C[C@H]2c2ccc3c(c2)OCO3)CC1. The van der Waals surface area contributed by atoms with Crippen LogP contribution in [0.3, 0.4) is 0 Å². The van der Waals surface area contributed by atoms with Gasteiger partial charge in [0.05, 0.1) is 18.3 Å². The van der Waals surface area contributed by atoms with Gasteiger partial charge < -0.3 is 9.47 Å². The summed E-state index contributed by atoms with van der Waals surface area (Å²) in [6, 6.07) is 13.3. The van der Waals surface area contributed by atoms with Crippen molar-refractivity contribution < 1.29 is 14.3 Å². The van der Waals surface area contributed by atoms with Crippen molar-refractivity contribution in [3.05, 3.63) is 58.6 Å². The molecular formula is C24H26ClN3O3. The number of fused-ring (bicyclic) bond motifs is 1. The molecule has 0 spiro atoms. The number of hydrazone groups is 1. The molecule has 0 N–H and O–H groups in total. The van der Waals surface area contributed by atoms with Gasteiger partial charge >= 0.3 is 0 Å². The highest BCUT2D eigenvalue weighted by Crippen LogP contribution is 2.39. The highest BCUT2D eigenvalue weighted by molar-refractivity contribution is 6.34. The summed E-state index contributed by atoms with van der Waals surface area (Å²) >= 11 is 6.44. The van der Waals surface area contributed by atoms with Crippen LogP contribution in [0.25, 0.3) is 0 Å². The van der Waals surface area contributed by atoms with Crippen molar-refractivity contribution in [2.24, 2.45) is 11.0 Å². The first-order valence-corrected chi connectivity index (χ1v) is 11.2. The molecular weight excluding hydrogens is 414 g/mol. The molecule has 0 aliphatic carbocycles. The Labute approximate surface area is 187 Å². The van der Waals surface area contributed by atoms with Gasteiger partial charge in [-0.05, 0) is 55.6 Å². The van der Waals surface area contributed by atoms with Crippen molar-refractivity contribution >= 4 is 23.2 Å². The van der Waals surface area contributed by atoms with Crippen LogP contribution < -0.4 is 9.47 Å². The third-order valence-corrected chi connectivity index (χ3v) is 6.70. The highest BCUT2D eigenvalue weighted by Gasteiger charge is 2.35. The molecule has 2 aromatic carbocycles. The summed E-state index contributed by atoms with van der Waals surface area (Å²) in [5, 5.41) is 7.06. The number of benzene rings is 2. The molecule has 1 saturated heterocycles. The molecule has 0 radical (unpaired) electrons. The van der Waals surface area contributed by atoms with Gasteiger partial charge in [-0.3, -0.25) is 9.69 Å². The summed E-state index contributed by atoms with van der Waals surface area (Å²) < 4.78 is 11.0. The Kier molecular flexibility index (Phi) is 5.59. The monoisotopic (exact) mass is 439 g/mol. The van der Waals surface area contributed by atoms with Gasteiger partial charge in [-0.15, -0.1) is 0 Å². The van der Waals surface area contributed by atoms with Gasteiger partial charge in [0.25, 0.3) is 5.91 Å². The molecule has 1 fully saturated rings. The molecule has 3 aliphatic rings. The zero-order valence-corrected chi connectivity index (χ0v) is 18.3. The van der Waals surface area contributed by atoms with Gasteiger partial charge in [0.2, 0.25) is 6.79 Å². The smallest absolute Gasteiger partial charge is 0.257 e. The summed E-state index contributed by atoms with van der Waals surface area (Å²) in [6.07, 6.45) is 2.87. The summed E-state index contributed by atoms with van der Waals surface area (Å²) in [7, 11) is 0. The molecule has 6 nitrogen and oxygen atoms in total. The Hall–Kier alpha value is -2.57. The van der Waals surface area contributed by atoms with E-state index in [0.717, 1.165) is 54.4 Å². The van der Waals surface area contributed by atoms with Gasteiger partial charge in [0, 0.05) is 17.0 Å². The van der Waals surface area contributed by atoms with Crippen molar-refractivity contribution in [2.75, 3.05) is 26.4 Å². The fourth-order valence-corrected chi connectivity index (χ4v) is 4.71. The first-order valence-electron chi connectivity index (χ1n) is 10.8. The fourth-order valence-electron chi connectivity index (χ4n) is 4.46. The Balaban J connectivity index is 1.43. The number of likely N-dealkylation sites (tertiary alicyclic amines) is 1. The molecule has 0 saturated carbocycles. The zero-order valence-electron chi connectivity index (χ0n) is 17.6. The topological polar surface area (TPSA) is 54.4 Å². The Morgan fingerprint density at radius 1 is 1.13 bits per heavy atom. The Morgan fingerprint density at radius 2 is 1.90 bits per heavy atom. The van der Waals surface area contributed by atoms with Gasteiger partial charge in [-0.2, -0.15) is 5.10 Å². The number of hydrogen-bond acceptors (Lipinski definition) is 5. The molecule has 0 aromatic heterocycles. The van der Waals surface area contributed by atoms with E-state index >= 15 is 0 Å². The maximum Gasteiger partial charge on any atom is 0.257 e. The molecule has 5 rings (SSSR count).